The molecule has 20 heavy (non-hydrogen) atoms. The highest BCUT2D eigenvalue weighted by Crippen LogP contribution is 2.32. The largest absolute Gasteiger partial charge is 0.416 e. The van der Waals surface area contributed by atoms with E-state index in [2.05, 4.69) is 5.32 Å². The molecule has 0 spiro atoms. The summed E-state index contributed by atoms with van der Waals surface area (Å²) in [6.07, 6.45) is 0.125. The van der Waals surface area contributed by atoms with Crippen LogP contribution >= 0.6 is 0 Å². The number of alkyl halides is 3. The summed E-state index contributed by atoms with van der Waals surface area (Å²) >= 11 is 0. The fourth-order valence-electron chi connectivity index (χ4n) is 2.41. The average molecular weight is 287 g/mol. The number of hydrogen-bond donors (Lipinski definition) is 1. The Morgan fingerprint density at radius 1 is 1.35 bits per heavy atom. The predicted molar refractivity (Wildman–Crippen MR) is 72.9 cm³/mol. The fraction of sp³-hybridized carbons (Fsp3) is 0.600. The molecule has 1 N–H and O–H groups in total. The summed E-state index contributed by atoms with van der Waals surface area (Å²) in [7, 11) is 0. The third-order valence-corrected chi connectivity index (χ3v) is 3.61. The zero-order valence-corrected chi connectivity index (χ0v) is 11.6. The number of hydrogen-bond acceptors (Lipinski definition) is 2. The standard InChI is InChI=1S/C15H20F3NO/c1-11-6-7-12(15(16,17)18)10-14(11)19-8-2-4-13-5-3-9-20-13/h6-7,10,13,19H,2-5,8-9H2,1H3. The van der Waals surface area contributed by atoms with E-state index in [9.17, 15) is 13.2 Å². The zero-order chi connectivity index (χ0) is 14.6. The number of benzene rings is 1. The Morgan fingerprint density at radius 2 is 2.15 bits per heavy atom. The summed E-state index contributed by atoms with van der Waals surface area (Å²) in [6, 6.07) is 3.81. The van der Waals surface area contributed by atoms with Crippen LogP contribution in [0.5, 0.6) is 0 Å². The van der Waals surface area contributed by atoms with Gasteiger partial charge in [-0.05, 0) is 50.3 Å². The molecule has 0 aromatic heterocycles. The van der Waals surface area contributed by atoms with Gasteiger partial charge in [0.2, 0.25) is 0 Å². The van der Waals surface area contributed by atoms with E-state index in [0.29, 0.717) is 18.3 Å². The summed E-state index contributed by atoms with van der Waals surface area (Å²) in [5.41, 5.74) is 0.784. The van der Waals surface area contributed by atoms with E-state index in [1.165, 1.54) is 12.1 Å². The van der Waals surface area contributed by atoms with Crippen LogP contribution in [0.2, 0.25) is 0 Å². The predicted octanol–water partition coefficient (Wildman–Crippen LogP) is 4.38. The molecule has 0 amide bonds. The lowest BCUT2D eigenvalue weighted by atomic mass is 10.1. The quantitative estimate of drug-likeness (QED) is 0.811. The van der Waals surface area contributed by atoms with Crippen molar-refractivity contribution in [2.24, 2.45) is 0 Å². The first kappa shape index (κ1) is 15.2. The summed E-state index contributed by atoms with van der Waals surface area (Å²) in [5.74, 6) is 0. The van der Waals surface area contributed by atoms with E-state index in [0.717, 1.165) is 43.9 Å². The molecule has 1 aliphatic heterocycles. The minimum atomic E-state index is -4.29. The lowest BCUT2D eigenvalue weighted by Gasteiger charge is -2.14. The van der Waals surface area contributed by atoms with Crippen LogP contribution in [0, 0.1) is 6.92 Å². The van der Waals surface area contributed by atoms with Gasteiger partial charge in [-0.15, -0.1) is 0 Å². The molecule has 1 atom stereocenters. The number of rotatable bonds is 5. The van der Waals surface area contributed by atoms with Crippen LogP contribution in [0.1, 0.15) is 36.8 Å². The fourth-order valence-corrected chi connectivity index (χ4v) is 2.41. The second kappa shape index (κ2) is 6.48. The molecule has 1 fully saturated rings. The van der Waals surface area contributed by atoms with Crippen molar-refractivity contribution in [3.8, 4) is 0 Å². The van der Waals surface area contributed by atoms with Crippen molar-refractivity contribution in [2.45, 2.75) is 44.9 Å². The first-order chi connectivity index (χ1) is 9.47. The molecule has 2 rings (SSSR count). The maximum atomic E-state index is 12.6. The summed E-state index contributed by atoms with van der Waals surface area (Å²) in [4.78, 5) is 0. The highest BCUT2D eigenvalue weighted by Gasteiger charge is 2.30. The smallest absolute Gasteiger partial charge is 0.385 e. The third-order valence-electron chi connectivity index (χ3n) is 3.61. The molecule has 112 valence electrons. The third kappa shape index (κ3) is 4.13. The van der Waals surface area contributed by atoms with Gasteiger partial charge in [0.05, 0.1) is 11.7 Å². The van der Waals surface area contributed by atoms with E-state index in [4.69, 9.17) is 4.74 Å². The molecule has 0 aliphatic carbocycles. The van der Waals surface area contributed by atoms with Crippen LogP contribution in [-0.4, -0.2) is 19.3 Å². The van der Waals surface area contributed by atoms with E-state index >= 15 is 0 Å². The lowest BCUT2D eigenvalue weighted by Crippen LogP contribution is -2.11. The van der Waals surface area contributed by atoms with Gasteiger partial charge in [0, 0.05) is 18.8 Å². The summed E-state index contributed by atoms with van der Waals surface area (Å²) < 4.78 is 43.5. The Kier molecular flexibility index (Phi) is 4.91. The van der Waals surface area contributed by atoms with Crippen molar-refractivity contribution in [2.75, 3.05) is 18.5 Å². The molecule has 1 unspecified atom stereocenters. The van der Waals surface area contributed by atoms with Crippen LogP contribution < -0.4 is 5.32 Å². The van der Waals surface area contributed by atoms with E-state index in [-0.39, 0.29) is 0 Å². The monoisotopic (exact) mass is 287 g/mol. The highest BCUT2D eigenvalue weighted by molar-refractivity contribution is 5.53. The second-order valence-electron chi connectivity index (χ2n) is 5.23. The minimum absolute atomic E-state index is 0.333. The van der Waals surface area contributed by atoms with Crippen LogP contribution in [0.4, 0.5) is 18.9 Å². The molecule has 1 heterocycles. The van der Waals surface area contributed by atoms with E-state index < -0.39 is 11.7 Å². The van der Waals surface area contributed by atoms with Crippen LogP contribution in [0.25, 0.3) is 0 Å². The first-order valence-electron chi connectivity index (χ1n) is 7.00. The zero-order valence-electron chi connectivity index (χ0n) is 11.6. The molecule has 1 aromatic rings. The van der Waals surface area contributed by atoms with E-state index in [1.54, 1.807) is 0 Å². The molecule has 0 bridgehead atoms. The van der Waals surface area contributed by atoms with Gasteiger partial charge in [0.15, 0.2) is 0 Å². The molecule has 2 nitrogen and oxygen atoms in total. The Balaban J connectivity index is 1.85. The van der Waals surface area contributed by atoms with Crippen molar-refractivity contribution in [1.29, 1.82) is 0 Å². The van der Waals surface area contributed by atoms with Gasteiger partial charge in [-0.2, -0.15) is 13.2 Å². The van der Waals surface area contributed by atoms with Gasteiger partial charge in [-0.3, -0.25) is 0 Å². The normalized spacial score (nSPS) is 19.3. The van der Waals surface area contributed by atoms with Crippen LogP contribution in [0.15, 0.2) is 18.2 Å². The summed E-state index contributed by atoms with van der Waals surface area (Å²) in [5, 5.41) is 3.09. The van der Waals surface area contributed by atoms with Crippen molar-refractivity contribution < 1.29 is 17.9 Å². The minimum Gasteiger partial charge on any atom is -0.385 e. The number of halogens is 3. The number of ether oxygens (including phenoxy) is 1. The molecule has 5 heteroatoms. The molecule has 1 aromatic carbocycles. The Labute approximate surface area is 117 Å². The molecular weight excluding hydrogens is 267 g/mol. The molecular formula is C15H20F3NO. The Morgan fingerprint density at radius 3 is 2.80 bits per heavy atom. The van der Waals surface area contributed by atoms with Gasteiger partial charge in [-0.25, -0.2) is 0 Å². The maximum Gasteiger partial charge on any atom is 0.416 e. The van der Waals surface area contributed by atoms with E-state index in [1.807, 2.05) is 6.92 Å². The SMILES string of the molecule is Cc1ccc(C(F)(F)F)cc1NCCCC1CCCO1. The van der Waals surface area contributed by atoms with Crippen LogP contribution in [-0.2, 0) is 10.9 Å². The summed E-state index contributed by atoms with van der Waals surface area (Å²) in [6.45, 7) is 3.31. The Bertz CT molecular complexity index is 439. The van der Waals surface area contributed by atoms with Crippen molar-refractivity contribution in [3.63, 3.8) is 0 Å². The highest BCUT2D eigenvalue weighted by atomic mass is 19.4. The van der Waals surface area contributed by atoms with Gasteiger partial charge in [0.25, 0.3) is 0 Å². The second-order valence-corrected chi connectivity index (χ2v) is 5.23. The van der Waals surface area contributed by atoms with Crippen molar-refractivity contribution in [1.82, 2.24) is 0 Å². The molecule has 1 aliphatic rings. The van der Waals surface area contributed by atoms with Crippen molar-refractivity contribution >= 4 is 5.69 Å². The lowest BCUT2D eigenvalue weighted by molar-refractivity contribution is -0.137. The van der Waals surface area contributed by atoms with Crippen molar-refractivity contribution in [3.05, 3.63) is 29.3 Å². The molecule has 0 saturated carbocycles. The molecule has 0 radical (unpaired) electrons. The maximum absolute atomic E-state index is 12.6. The van der Waals surface area contributed by atoms with Gasteiger partial charge >= 0.3 is 6.18 Å². The van der Waals surface area contributed by atoms with Crippen LogP contribution in [0.3, 0.4) is 0 Å². The first-order valence-corrected chi connectivity index (χ1v) is 7.00. The van der Waals surface area contributed by atoms with Gasteiger partial charge in [-0.1, -0.05) is 6.07 Å². The topological polar surface area (TPSA) is 21.3 Å². The average Bonchev–Trinajstić information content (AvgIpc) is 2.88. The van der Waals surface area contributed by atoms with Gasteiger partial charge in [0.1, 0.15) is 0 Å². The number of nitrogens with one attached hydrogen (secondary N) is 1. The Hall–Kier alpha value is -1.23. The molecule has 1 saturated heterocycles. The number of aryl methyl sites for hydroxylation is 1. The van der Waals surface area contributed by atoms with Gasteiger partial charge < -0.3 is 10.1 Å². The number of anilines is 1.